The highest BCUT2D eigenvalue weighted by Gasteiger charge is 2.21. The third-order valence-corrected chi connectivity index (χ3v) is 3.45. The molecule has 1 aromatic heterocycles. The summed E-state index contributed by atoms with van der Waals surface area (Å²) in [6.45, 7) is 0. The summed E-state index contributed by atoms with van der Waals surface area (Å²) in [5, 5.41) is 0. The summed E-state index contributed by atoms with van der Waals surface area (Å²) in [5.41, 5.74) is 4.91. The van der Waals surface area contributed by atoms with E-state index < -0.39 is 33.2 Å². The topological polar surface area (TPSA) is 116 Å². The largest absolute Gasteiger partial charge is 0.465 e. The fourth-order valence-corrected chi connectivity index (χ4v) is 2.51. The van der Waals surface area contributed by atoms with Crippen molar-refractivity contribution < 1.29 is 22.7 Å². The third kappa shape index (κ3) is 3.81. The number of primary amides is 1. The number of hydrogen-bond donors (Lipinski definition) is 1. The van der Waals surface area contributed by atoms with Crippen molar-refractivity contribution in [3.8, 4) is 0 Å². The molecule has 0 saturated heterocycles. The average Bonchev–Trinajstić information content (AvgIpc) is 2.26. The van der Waals surface area contributed by atoms with Crippen LogP contribution in [0.5, 0.6) is 0 Å². The number of sulfone groups is 1. The van der Waals surface area contributed by atoms with Crippen LogP contribution < -0.4 is 5.73 Å². The van der Waals surface area contributed by atoms with Gasteiger partial charge in [-0.2, -0.15) is 0 Å². The molecule has 1 amide bonds. The SMILES string of the molecule is COC(=O)c1cccnc1CS(=O)(=O)CC(N)=O. The van der Waals surface area contributed by atoms with Gasteiger partial charge in [-0.1, -0.05) is 0 Å². The second-order valence-electron chi connectivity index (χ2n) is 3.49. The lowest BCUT2D eigenvalue weighted by Gasteiger charge is -2.06. The quantitative estimate of drug-likeness (QED) is 0.706. The molecule has 18 heavy (non-hydrogen) atoms. The summed E-state index contributed by atoms with van der Waals surface area (Å²) in [6, 6.07) is 2.88. The number of methoxy groups -OCH3 is 1. The van der Waals surface area contributed by atoms with Gasteiger partial charge in [0.05, 0.1) is 24.1 Å². The number of nitrogens with two attached hydrogens (primary N) is 1. The number of nitrogens with zero attached hydrogens (tertiary/aromatic N) is 1. The number of pyridine rings is 1. The van der Waals surface area contributed by atoms with Crippen molar-refractivity contribution in [3.63, 3.8) is 0 Å². The first-order valence-corrected chi connectivity index (χ1v) is 6.69. The Morgan fingerprint density at radius 2 is 2.11 bits per heavy atom. The summed E-state index contributed by atoms with van der Waals surface area (Å²) in [6.07, 6.45) is 1.35. The third-order valence-electron chi connectivity index (χ3n) is 2.01. The molecule has 0 atom stereocenters. The van der Waals surface area contributed by atoms with Gasteiger partial charge in [0, 0.05) is 6.20 Å². The number of esters is 1. The van der Waals surface area contributed by atoms with Crippen molar-refractivity contribution >= 4 is 21.7 Å². The molecule has 8 heteroatoms. The first-order chi connectivity index (χ1) is 8.35. The van der Waals surface area contributed by atoms with E-state index in [2.05, 4.69) is 9.72 Å². The molecule has 1 heterocycles. The summed E-state index contributed by atoms with van der Waals surface area (Å²) >= 11 is 0. The molecule has 0 aliphatic carbocycles. The fourth-order valence-electron chi connectivity index (χ4n) is 1.32. The Morgan fingerprint density at radius 3 is 2.67 bits per heavy atom. The highest BCUT2D eigenvalue weighted by molar-refractivity contribution is 7.91. The maximum absolute atomic E-state index is 11.6. The molecule has 0 saturated carbocycles. The number of hydrogen-bond acceptors (Lipinski definition) is 6. The maximum atomic E-state index is 11.6. The van der Waals surface area contributed by atoms with Crippen LogP contribution >= 0.6 is 0 Å². The van der Waals surface area contributed by atoms with E-state index in [1.54, 1.807) is 0 Å². The molecule has 0 aromatic carbocycles. The van der Waals surface area contributed by atoms with Gasteiger partial charge >= 0.3 is 5.97 Å². The molecule has 98 valence electrons. The van der Waals surface area contributed by atoms with Gasteiger partial charge in [0.15, 0.2) is 9.84 Å². The highest BCUT2D eigenvalue weighted by Crippen LogP contribution is 2.11. The lowest BCUT2D eigenvalue weighted by molar-refractivity contribution is -0.115. The molecule has 1 rings (SSSR count). The Kier molecular flexibility index (Phi) is 4.38. The van der Waals surface area contributed by atoms with E-state index in [1.165, 1.54) is 25.4 Å². The summed E-state index contributed by atoms with van der Waals surface area (Å²) in [5.74, 6) is -2.97. The minimum absolute atomic E-state index is 0.0330. The smallest absolute Gasteiger partial charge is 0.339 e. The second-order valence-corrected chi connectivity index (χ2v) is 5.55. The second kappa shape index (κ2) is 5.58. The van der Waals surface area contributed by atoms with Gasteiger partial charge < -0.3 is 10.5 Å². The van der Waals surface area contributed by atoms with Crippen LogP contribution in [0.15, 0.2) is 18.3 Å². The van der Waals surface area contributed by atoms with Crippen molar-refractivity contribution in [1.29, 1.82) is 0 Å². The minimum atomic E-state index is -3.74. The van der Waals surface area contributed by atoms with Crippen LogP contribution in [-0.2, 0) is 25.1 Å². The molecule has 1 aromatic rings. The molecule has 0 aliphatic rings. The van der Waals surface area contributed by atoms with Crippen LogP contribution in [0.3, 0.4) is 0 Å². The van der Waals surface area contributed by atoms with E-state index in [0.717, 1.165) is 0 Å². The van der Waals surface area contributed by atoms with Crippen LogP contribution in [0.25, 0.3) is 0 Å². The van der Waals surface area contributed by atoms with E-state index in [1.807, 2.05) is 0 Å². The van der Waals surface area contributed by atoms with Gasteiger partial charge in [-0.05, 0) is 12.1 Å². The summed E-state index contributed by atoms with van der Waals surface area (Å²) in [7, 11) is -2.57. The number of rotatable bonds is 5. The standard InChI is InChI=1S/C10H12N2O5S/c1-17-10(14)7-3-2-4-12-8(7)5-18(15,16)6-9(11)13/h2-4H,5-6H2,1H3,(H2,11,13). The van der Waals surface area contributed by atoms with Crippen molar-refractivity contribution in [2.75, 3.05) is 12.9 Å². The van der Waals surface area contributed by atoms with Crippen LogP contribution in [0.4, 0.5) is 0 Å². The van der Waals surface area contributed by atoms with Crippen LogP contribution in [0.1, 0.15) is 16.1 Å². The predicted molar refractivity (Wildman–Crippen MR) is 62.3 cm³/mol. The zero-order chi connectivity index (χ0) is 13.8. The Hall–Kier alpha value is -1.96. The summed E-state index contributed by atoms with van der Waals surface area (Å²) in [4.78, 5) is 25.8. The lowest BCUT2D eigenvalue weighted by atomic mass is 10.2. The van der Waals surface area contributed by atoms with E-state index in [0.29, 0.717) is 0 Å². The molecule has 0 radical (unpaired) electrons. The summed E-state index contributed by atoms with van der Waals surface area (Å²) < 4.78 is 27.7. The van der Waals surface area contributed by atoms with Crippen molar-refractivity contribution in [1.82, 2.24) is 4.98 Å². The first-order valence-electron chi connectivity index (χ1n) is 4.86. The highest BCUT2D eigenvalue weighted by atomic mass is 32.2. The number of carbonyl (C=O) groups is 2. The Balaban J connectivity index is 3.05. The van der Waals surface area contributed by atoms with E-state index in [-0.39, 0.29) is 11.3 Å². The van der Waals surface area contributed by atoms with E-state index in [4.69, 9.17) is 5.73 Å². The van der Waals surface area contributed by atoms with E-state index in [9.17, 15) is 18.0 Å². The fraction of sp³-hybridized carbons (Fsp3) is 0.300. The molecule has 0 bridgehead atoms. The zero-order valence-corrected chi connectivity index (χ0v) is 10.4. The Morgan fingerprint density at radius 1 is 1.44 bits per heavy atom. The lowest BCUT2D eigenvalue weighted by Crippen LogP contribution is -2.25. The monoisotopic (exact) mass is 272 g/mol. The molecule has 0 spiro atoms. The Bertz CT molecular complexity index is 567. The van der Waals surface area contributed by atoms with Gasteiger partial charge in [0.25, 0.3) is 0 Å². The van der Waals surface area contributed by atoms with Crippen LogP contribution in [0.2, 0.25) is 0 Å². The molecule has 2 N–H and O–H groups in total. The molecule has 0 fully saturated rings. The van der Waals surface area contributed by atoms with Crippen LogP contribution in [0, 0.1) is 0 Å². The minimum Gasteiger partial charge on any atom is -0.465 e. The number of carbonyl (C=O) groups excluding carboxylic acids is 2. The molecule has 7 nitrogen and oxygen atoms in total. The number of amides is 1. The molecule has 0 aliphatic heterocycles. The molecular formula is C10H12N2O5S. The molecular weight excluding hydrogens is 260 g/mol. The molecule has 0 unspecified atom stereocenters. The van der Waals surface area contributed by atoms with Gasteiger partial charge in [-0.25, -0.2) is 13.2 Å². The van der Waals surface area contributed by atoms with E-state index >= 15 is 0 Å². The van der Waals surface area contributed by atoms with Crippen molar-refractivity contribution in [2.24, 2.45) is 5.73 Å². The van der Waals surface area contributed by atoms with Gasteiger partial charge in [-0.15, -0.1) is 0 Å². The normalized spacial score (nSPS) is 10.9. The predicted octanol–water partition coefficient (Wildman–Crippen LogP) is -0.732. The number of ether oxygens (including phenoxy) is 1. The van der Waals surface area contributed by atoms with Crippen molar-refractivity contribution in [2.45, 2.75) is 5.75 Å². The number of aromatic nitrogens is 1. The zero-order valence-electron chi connectivity index (χ0n) is 9.62. The van der Waals surface area contributed by atoms with Gasteiger partial charge in [0.1, 0.15) is 5.75 Å². The van der Waals surface area contributed by atoms with Crippen LogP contribution in [-0.4, -0.2) is 38.1 Å². The Labute approximate surface area is 104 Å². The first kappa shape index (κ1) is 14.1. The maximum Gasteiger partial charge on any atom is 0.339 e. The van der Waals surface area contributed by atoms with Gasteiger partial charge in [-0.3, -0.25) is 9.78 Å². The van der Waals surface area contributed by atoms with Crippen molar-refractivity contribution in [3.05, 3.63) is 29.6 Å². The average molecular weight is 272 g/mol. The van der Waals surface area contributed by atoms with Gasteiger partial charge in [0.2, 0.25) is 5.91 Å².